The summed E-state index contributed by atoms with van der Waals surface area (Å²) in [6.07, 6.45) is 0.343. The highest BCUT2D eigenvalue weighted by atomic mass is 32.1. The number of benzene rings is 1. The largest absolute Gasteiger partial charge is 0.354 e. The van der Waals surface area contributed by atoms with Crippen LogP contribution in [0.3, 0.4) is 0 Å². The van der Waals surface area contributed by atoms with Crippen LogP contribution in [0.15, 0.2) is 30.3 Å². The van der Waals surface area contributed by atoms with Gasteiger partial charge in [0.2, 0.25) is 5.91 Å². The molecule has 4 nitrogen and oxygen atoms in total. The van der Waals surface area contributed by atoms with Crippen LogP contribution in [0, 0.1) is 13.8 Å². The number of rotatable bonds is 5. The Labute approximate surface area is 140 Å². The van der Waals surface area contributed by atoms with E-state index >= 15 is 0 Å². The molecule has 0 aliphatic carbocycles. The Morgan fingerprint density at radius 2 is 1.78 bits per heavy atom. The third-order valence-electron chi connectivity index (χ3n) is 3.42. The van der Waals surface area contributed by atoms with Gasteiger partial charge in [-0.1, -0.05) is 12.1 Å². The van der Waals surface area contributed by atoms with Gasteiger partial charge in [0.15, 0.2) is 0 Å². The highest BCUT2D eigenvalue weighted by Crippen LogP contribution is 2.22. The Hall–Kier alpha value is -2.14. The van der Waals surface area contributed by atoms with Crippen molar-refractivity contribution in [3.63, 3.8) is 0 Å². The predicted octanol–water partition coefficient (Wildman–Crippen LogP) is 3.68. The Balaban J connectivity index is 1.97. The second-order valence-corrected chi connectivity index (χ2v) is 7.16. The fourth-order valence-corrected chi connectivity index (χ4v) is 3.07. The molecule has 1 heterocycles. The molecule has 5 heteroatoms. The summed E-state index contributed by atoms with van der Waals surface area (Å²) in [7, 11) is 0. The molecular formula is C18H22N2O2S. The Morgan fingerprint density at radius 3 is 2.30 bits per heavy atom. The maximum atomic E-state index is 12.2. The lowest BCUT2D eigenvalue weighted by Gasteiger charge is -2.09. The Bertz CT molecular complexity index is 683. The SMILES string of the molecule is Cc1cc(C(=O)Nc2ccc(CC(=O)NC(C)C)cc2)sc1C. The minimum Gasteiger partial charge on any atom is -0.354 e. The third-order valence-corrected chi connectivity index (χ3v) is 4.57. The molecule has 0 atom stereocenters. The minimum absolute atomic E-state index is 0.00122. The summed E-state index contributed by atoms with van der Waals surface area (Å²) >= 11 is 1.49. The molecular weight excluding hydrogens is 308 g/mol. The zero-order valence-electron chi connectivity index (χ0n) is 13.9. The van der Waals surface area contributed by atoms with Gasteiger partial charge >= 0.3 is 0 Å². The second-order valence-electron chi connectivity index (χ2n) is 5.90. The van der Waals surface area contributed by atoms with Crippen molar-refractivity contribution in [2.75, 3.05) is 5.32 Å². The van der Waals surface area contributed by atoms with E-state index in [-0.39, 0.29) is 17.9 Å². The summed E-state index contributed by atoms with van der Waals surface area (Å²) < 4.78 is 0. The van der Waals surface area contributed by atoms with Crippen molar-refractivity contribution >= 4 is 28.8 Å². The van der Waals surface area contributed by atoms with E-state index in [0.29, 0.717) is 11.3 Å². The normalized spacial score (nSPS) is 10.7. The lowest BCUT2D eigenvalue weighted by molar-refractivity contribution is -0.120. The van der Waals surface area contributed by atoms with Crippen molar-refractivity contribution in [2.45, 2.75) is 40.2 Å². The molecule has 0 radical (unpaired) electrons. The average Bonchev–Trinajstić information content (AvgIpc) is 2.80. The number of thiophene rings is 1. The van der Waals surface area contributed by atoms with Crippen molar-refractivity contribution in [3.05, 3.63) is 51.2 Å². The highest BCUT2D eigenvalue weighted by molar-refractivity contribution is 7.14. The number of hydrogen-bond acceptors (Lipinski definition) is 3. The zero-order valence-corrected chi connectivity index (χ0v) is 14.7. The molecule has 0 bridgehead atoms. The fraction of sp³-hybridized carbons (Fsp3) is 0.333. The predicted molar refractivity (Wildman–Crippen MR) is 95.2 cm³/mol. The molecule has 0 unspecified atom stereocenters. The molecule has 0 aliphatic rings. The van der Waals surface area contributed by atoms with Crippen molar-refractivity contribution < 1.29 is 9.59 Å². The molecule has 0 fully saturated rings. The molecule has 2 rings (SSSR count). The fourth-order valence-electron chi connectivity index (χ4n) is 2.14. The van der Waals surface area contributed by atoms with E-state index in [4.69, 9.17) is 0 Å². The zero-order chi connectivity index (χ0) is 17.0. The first-order valence-corrected chi connectivity index (χ1v) is 8.43. The first-order chi connectivity index (χ1) is 10.8. The third kappa shape index (κ3) is 4.93. The van der Waals surface area contributed by atoms with Crippen LogP contribution >= 0.6 is 11.3 Å². The molecule has 0 aliphatic heterocycles. The second kappa shape index (κ2) is 7.42. The van der Waals surface area contributed by atoms with Gasteiger partial charge in [0.1, 0.15) is 0 Å². The standard InChI is InChI=1S/C18H22N2O2S/c1-11(2)19-17(21)10-14-5-7-15(8-6-14)20-18(22)16-9-12(3)13(4)23-16/h5-9,11H,10H2,1-4H3,(H,19,21)(H,20,22). The van der Waals surface area contributed by atoms with Gasteiger partial charge in [-0.25, -0.2) is 0 Å². The van der Waals surface area contributed by atoms with Gasteiger partial charge in [-0.3, -0.25) is 9.59 Å². The molecule has 2 N–H and O–H groups in total. The Morgan fingerprint density at radius 1 is 1.13 bits per heavy atom. The van der Waals surface area contributed by atoms with Crippen LogP contribution in [-0.4, -0.2) is 17.9 Å². The molecule has 1 aromatic carbocycles. The summed E-state index contributed by atoms with van der Waals surface area (Å²) in [6, 6.07) is 9.41. The highest BCUT2D eigenvalue weighted by Gasteiger charge is 2.11. The van der Waals surface area contributed by atoms with Gasteiger partial charge in [0.25, 0.3) is 5.91 Å². The monoisotopic (exact) mass is 330 g/mol. The summed E-state index contributed by atoms with van der Waals surface area (Å²) in [4.78, 5) is 25.8. The first kappa shape index (κ1) is 17.2. The van der Waals surface area contributed by atoms with Gasteiger partial charge < -0.3 is 10.6 Å². The number of carbonyl (C=O) groups excluding carboxylic acids is 2. The van der Waals surface area contributed by atoms with Crippen LogP contribution in [0.1, 0.15) is 39.5 Å². The van der Waals surface area contributed by atoms with Gasteiger partial charge in [-0.2, -0.15) is 0 Å². The maximum Gasteiger partial charge on any atom is 0.265 e. The molecule has 0 spiro atoms. The van der Waals surface area contributed by atoms with E-state index < -0.39 is 0 Å². The van der Waals surface area contributed by atoms with Crippen LogP contribution < -0.4 is 10.6 Å². The summed E-state index contributed by atoms with van der Waals surface area (Å²) in [5.74, 6) is -0.0992. The minimum atomic E-state index is -0.100. The van der Waals surface area contributed by atoms with Crippen molar-refractivity contribution in [3.8, 4) is 0 Å². The van der Waals surface area contributed by atoms with Crippen LogP contribution in [0.25, 0.3) is 0 Å². The first-order valence-electron chi connectivity index (χ1n) is 7.62. The van der Waals surface area contributed by atoms with Crippen LogP contribution in [-0.2, 0) is 11.2 Å². The van der Waals surface area contributed by atoms with E-state index in [0.717, 1.165) is 21.7 Å². The molecule has 122 valence electrons. The lowest BCUT2D eigenvalue weighted by atomic mass is 10.1. The number of amides is 2. The van der Waals surface area contributed by atoms with Crippen molar-refractivity contribution in [2.24, 2.45) is 0 Å². The number of nitrogens with one attached hydrogen (secondary N) is 2. The number of anilines is 1. The van der Waals surface area contributed by atoms with E-state index in [1.807, 2.05) is 58.0 Å². The van der Waals surface area contributed by atoms with Crippen LogP contribution in [0.2, 0.25) is 0 Å². The number of carbonyl (C=O) groups is 2. The topological polar surface area (TPSA) is 58.2 Å². The molecule has 2 amide bonds. The molecule has 23 heavy (non-hydrogen) atoms. The average molecular weight is 330 g/mol. The van der Waals surface area contributed by atoms with Crippen LogP contribution in [0.5, 0.6) is 0 Å². The molecule has 2 aromatic rings. The molecule has 1 aromatic heterocycles. The van der Waals surface area contributed by atoms with E-state index in [2.05, 4.69) is 10.6 Å². The smallest absolute Gasteiger partial charge is 0.265 e. The van der Waals surface area contributed by atoms with Crippen molar-refractivity contribution in [1.82, 2.24) is 5.32 Å². The van der Waals surface area contributed by atoms with Gasteiger partial charge in [-0.15, -0.1) is 11.3 Å². The summed E-state index contributed by atoms with van der Waals surface area (Å²) in [5, 5.41) is 5.74. The van der Waals surface area contributed by atoms with Gasteiger partial charge in [0, 0.05) is 16.6 Å². The number of aryl methyl sites for hydroxylation is 2. The maximum absolute atomic E-state index is 12.2. The van der Waals surface area contributed by atoms with Crippen molar-refractivity contribution in [1.29, 1.82) is 0 Å². The molecule has 0 saturated heterocycles. The summed E-state index contributed by atoms with van der Waals surface area (Å²) in [5.41, 5.74) is 2.78. The van der Waals surface area contributed by atoms with E-state index in [1.165, 1.54) is 11.3 Å². The van der Waals surface area contributed by atoms with Gasteiger partial charge in [-0.05, 0) is 57.0 Å². The molecule has 0 saturated carbocycles. The summed E-state index contributed by atoms with van der Waals surface area (Å²) in [6.45, 7) is 7.88. The van der Waals surface area contributed by atoms with Crippen LogP contribution in [0.4, 0.5) is 5.69 Å². The number of hydrogen-bond donors (Lipinski definition) is 2. The lowest BCUT2D eigenvalue weighted by Crippen LogP contribution is -2.31. The quantitative estimate of drug-likeness (QED) is 0.878. The van der Waals surface area contributed by atoms with E-state index in [1.54, 1.807) is 0 Å². The van der Waals surface area contributed by atoms with Gasteiger partial charge in [0.05, 0.1) is 11.3 Å². The Kier molecular flexibility index (Phi) is 5.55. The van der Waals surface area contributed by atoms with E-state index in [9.17, 15) is 9.59 Å².